The summed E-state index contributed by atoms with van der Waals surface area (Å²) < 4.78 is 5.33. The Balaban J connectivity index is 1.56. The second-order valence-corrected chi connectivity index (χ2v) is 13.3. The molecule has 0 aromatic heterocycles. The topological polar surface area (TPSA) is 43.4 Å². The van der Waals surface area contributed by atoms with Crippen molar-refractivity contribution in [1.82, 2.24) is 0 Å². The van der Waals surface area contributed by atoms with Crippen molar-refractivity contribution >= 4 is 27.7 Å². The van der Waals surface area contributed by atoms with E-state index < -0.39 is 0 Å². The van der Waals surface area contributed by atoms with E-state index in [4.69, 9.17) is 4.74 Å². The molecule has 0 saturated heterocycles. The molecular weight excluding hydrogens is 464 g/mol. The second kappa shape index (κ2) is 9.19. The van der Waals surface area contributed by atoms with Crippen LogP contribution in [0.4, 0.5) is 0 Å². The summed E-state index contributed by atoms with van der Waals surface area (Å²) in [5, 5.41) is 0. The molecule has 0 spiro atoms. The van der Waals surface area contributed by atoms with Crippen molar-refractivity contribution < 1.29 is 14.3 Å². The molecule has 4 aliphatic rings. The highest BCUT2D eigenvalue weighted by atomic mass is 79.9. The fourth-order valence-electron chi connectivity index (χ4n) is 8.95. The van der Waals surface area contributed by atoms with E-state index in [2.05, 4.69) is 49.7 Å². The van der Waals surface area contributed by atoms with E-state index in [1.807, 2.05) is 0 Å². The van der Waals surface area contributed by atoms with Crippen molar-refractivity contribution in [3.05, 3.63) is 11.6 Å². The van der Waals surface area contributed by atoms with Crippen LogP contribution < -0.4 is 0 Å². The van der Waals surface area contributed by atoms with E-state index in [0.717, 1.165) is 37.5 Å². The third kappa shape index (κ3) is 4.05. The van der Waals surface area contributed by atoms with Crippen molar-refractivity contribution in [1.29, 1.82) is 0 Å². The Morgan fingerprint density at radius 3 is 2.53 bits per heavy atom. The Bertz CT molecular complexity index is 771. The number of esters is 1. The van der Waals surface area contributed by atoms with Crippen LogP contribution in [0.3, 0.4) is 0 Å². The number of ketones is 1. The number of alkyl halides is 1. The fraction of sp³-hybridized carbons (Fsp3) is 0.857. The van der Waals surface area contributed by atoms with Gasteiger partial charge in [0.05, 0.1) is 17.9 Å². The minimum absolute atomic E-state index is 0.00440. The molecule has 9 atom stereocenters. The van der Waals surface area contributed by atoms with Gasteiger partial charge in [0.1, 0.15) is 5.78 Å². The van der Waals surface area contributed by atoms with E-state index in [1.165, 1.54) is 44.1 Å². The van der Waals surface area contributed by atoms with Crippen LogP contribution in [-0.4, -0.2) is 23.7 Å². The molecule has 0 aromatic rings. The third-order valence-corrected chi connectivity index (χ3v) is 11.4. The van der Waals surface area contributed by atoms with Crippen molar-refractivity contribution in [3.63, 3.8) is 0 Å². The number of hydrogen-bond donors (Lipinski definition) is 0. The molecule has 0 bridgehead atoms. The van der Waals surface area contributed by atoms with Crippen molar-refractivity contribution in [2.75, 3.05) is 7.11 Å². The van der Waals surface area contributed by atoms with E-state index in [9.17, 15) is 9.59 Å². The molecule has 32 heavy (non-hydrogen) atoms. The zero-order valence-corrected chi connectivity index (χ0v) is 22.4. The van der Waals surface area contributed by atoms with Gasteiger partial charge >= 0.3 is 5.97 Å². The van der Waals surface area contributed by atoms with Crippen LogP contribution in [0.15, 0.2) is 11.6 Å². The molecule has 180 valence electrons. The van der Waals surface area contributed by atoms with Crippen molar-refractivity contribution in [2.24, 2.45) is 46.3 Å². The molecule has 0 N–H and O–H groups in total. The lowest BCUT2D eigenvalue weighted by molar-refractivity contribution is -0.153. The molecule has 4 aliphatic carbocycles. The highest BCUT2D eigenvalue weighted by molar-refractivity contribution is 9.10. The van der Waals surface area contributed by atoms with Gasteiger partial charge in [-0.25, -0.2) is 0 Å². The molecule has 0 heterocycles. The van der Waals surface area contributed by atoms with E-state index in [0.29, 0.717) is 23.5 Å². The number of halogens is 1. The maximum Gasteiger partial charge on any atom is 0.308 e. The minimum Gasteiger partial charge on any atom is -0.469 e. The normalized spacial score (nSPS) is 44.1. The minimum atomic E-state index is 0.00440. The van der Waals surface area contributed by atoms with Gasteiger partial charge in [0.2, 0.25) is 0 Å². The monoisotopic (exact) mass is 506 g/mol. The molecule has 4 fully saturated rings. The zero-order valence-electron chi connectivity index (χ0n) is 20.8. The van der Waals surface area contributed by atoms with Gasteiger partial charge in [-0.2, -0.15) is 0 Å². The molecule has 4 rings (SSSR count). The summed E-state index contributed by atoms with van der Waals surface area (Å²) in [6, 6.07) is 0. The molecule has 0 aromatic carbocycles. The first-order valence-corrected chi connectivity index (χ1v) is 13.9. The lowest BCUT2D eigenvalue weighted by atomic mass is 9.44. The Morgan fingerprint density at radius 2 is 1.84 bits per heavy atom. The summed E-state index contributed by atoms with van der Waals surface area (Å²) in [6.07, 6.45) is 13.3. The Kier molecular flexibility index (Phi) is 7.03. The molecule has 0 aliphatic heterocycles. The van der Waals surface area contributed by atoms with Gasteiger partial charge in [-0.15, -0.1) is 0 Å². The predicted molar refractivity (Wildman–Crippen MR) is 132 cm³/mol. The van der Waals surface area contributed by atoms with Crippen molar-refractivity contribution in [2.45, 2.75) is 96.7 Å². The van der Waals surface area contributed by atoms with Gasteiger partial charge in [0.15, 0.2) is 0 Å². The molecule has 0 unspecified atom stereocenters. The largest absolute Gasteiger partial charge is 0.469 e. The summed E-state index contributed by atoms with van der Waals surface area (Å²) in [6.45, 7) is 9.28. The van der Waals surface area contributed by atoms with Crippen LogP contribution >= 0.6 is 15.9 Å². The second-order valence-electron chi connectivity index (χ2n) is 12.2. The highest BCUT2D eigenvalue weighted by Crippen LogP contribution is 2.68. The van der Waals surface area contributed by atoms with Gasteiger partial charge in [0.25, 0.3) is 0 Å². The summed E-state index contributed by atoms with van der Waals surface area (Å²) in [4.78, 5) is 25.4. The summed E-state index contributed by atoms with van der Waals surface area (Å²) in [5.74, 6) is 3.65. The van der Waals surface area contributed by atoms with Crippen LogP contribution in [0.25, 0.3) is 0 Å². The van der Waals surface area contributed by atoms with Crippen LogP contribution in [0.5, 0.6) is 0 Å². The third-order valence-electron chi connectivity index (χ3n) is 10.6. The number of fused-ring (bicyclic) bond motifs is 5. The molecule has 0 radical (unpaired) electrons. The van der Waals surface area contributed by atoms with Crippen LogP contribution in [-0.2, 0) is 14.3 Å². The molecule has 3 nitrogen and oxygen atoms in total. The molecule has 0 amide bonds. The SMILES string of the molecule is COC(=O)[C@H](CCC=C(C)C)[C@H]1CC[C@H]2[C@@H]3CC[C@H]4CC(=O)[C@H](Br)C[C@]4(C)[C@H]3CC[C@]12C. The first kappa shape index (κ1) is 24.5. The Hall–Kier alpha value is -0.640. The Labute approximate surface area is 203 Å². The van der Waals surface area contributed by atoms with E-state index in [-0.39, 0.29) is 27.5 Å². The number of carbonyl (C=O) groups excluding carboxylic acids is 2. The van der Waals surface area contributed by atoms with E-state index in [1.54, 1.807) is 7.11 Å². The lowest BCUT2D eigenvalue weighted by Gasteiger charge is -2.61. The number of Topliss-reactive ketones (excluding diaryl/α,β-unsaturated/α-hetero) is 1. The molecule has 4 heteroatoms. The average molecular weight is 508 g/mol. The van der Waals surface area contributed by atoms with Crippen LogP contribution in [0, 0.1) is 46.3 Å². The smallest absolute Gasteiger partial charge is 0.308 e. The van der Waals surface area contributed by atoms with Crippen LogP contribution in [0.1, 0.15) is 91.9 Å². The number of allylic oxidation sites excluding steroid dienone is 2. The van der Waals surface area contributed by atoms with Gasteiger partial charge < -0.3 is 4.74 Å². The summed E-state index contributed by atoms with van der Waals surface area (Å²) in [5.41, 5.74) is 1.85. The summed E-state index contributed by atoms with van der Waals surface area (Å²) >= 11 is 3.72. The van der Waals surface area contributed by atoms with Gasteiger partial charge in [-0.05, 0) is 112 Å². The molecular formula is C28H43BrO3. The quantitative estimate of drug-likeness (QED) is 0.226. The van der Waals surface area contributed by atoms with Gasteiger partial charge in [-0.1, -0.05) is 41.4 Å². The standard InChI is InChI=1S/C28H43BrO3/c1-17(2)7-6-8-20(26(31)32-5)22-12-11-21-19-10-9-18-15-25(30)24(29)16-28(18,4)23(19)13-14-27(21,22)3/h7,18-24H,6,8-16H2,1-5H3/t18-,19-,20+,21-,22+,23-,24+,27-,28-/m0/s1. The fourth-order valence-corrected chi connectivity index (χ4v) is 9.83. The maximum atomic E-state index is 12.9. The number of rotatable bonds is 5. The lowest BCUT2D eigenvalue weighted by Crippen LogP contribution is -2.55. The van der Waals surface area contributed by atoms with Crippen molar-refractivity contribution in [3.8, 4) is 0 Å². The van der Waals surface area contributed by atoms with Gasteiger partial charge in [-0.3, -0.25) is 9.59 Å². The zero-order chi connectivity index (χ0) is 23.3. The average Bonchev–Trinajstić information content (AvgIpc) is 3.08. The number of hydrogen-bond acceptors (Lipinski definition) is 3. The summed E-state index contributed by atoms with van der Waals surface area (Å²) in [7, 11) is 1.56. The first-order valence-electron chi connectivity index (χ1n) is 13.0. The van der Waals surface area contributed by atoms with Gasteiger partial charge in [0, 0.05) is 6.42 Å². The first-order chi connectivity index (χ1) is 15.1. The molecule has 4 saturated carbocycles. The van der Waals surface area contributed by atoms with Crippen LogP contribution in [0.2, 0.25) is 0 Å². The van der Waals surface area contributed by atoms with E-state index >= 15 is 0 Å². The maximum absolute atomic E-state index is 12.9. The predicted octanol–water partition coefficient (Wildman–Crippen LogP) is 7.12. The highest BCUT2D eigenvalue weighted by Gasteiger charge is 2.62. The Morgan fingerprint density at radius 1 is 1.12 bits per heavy atom. The number of carbonyl (C=O) groups is 2. The number of methoxy groups -OCH3 is 1. The number of ether oxygens (including phenoxy) is 1.